The van der Waals surface area contributed by atoms with Gasteiger partial charge < -0.3 is 9.84 Å². The molecule has 5 heteroatoms. The average molecular weight is 368 g/mol. The molecule has 0 radical (unpaired) electrons. The van der Waals surface area contributed by atoms with E-state index in [1.54, 1.807) is 0 Å². The molecular weight excluding hydrogens is 330 g/mol. The van der Waals surface area contributed by atoms with Crippen molar-refractivity contribution in [3.05, 3.63) is 0 Å². The third kappa shape index (κ3) is 4.36. The second kappa shape index (κ2) is 6.19. The van der Waals surface area contributed by atoms with E-state index in [0.29, 0.717) is 5.92 Å². The monoisotopic (exact) mass is 367 g/mol. The first-order valence-corrected chi connectivity index (χ1v) is 13.3. The van der Waals surface area contributed by atoms with Crippen molar-refractivity contribution >= 4 is 19.8 Å². The first kappa shape index (κ1) is 20.6. The highest BCUT2D eigenvalue weighted by atomic mass is 28.3. The van der Waals surface area contributed by atoms with Gasteiger partial charge in [0.25, 0.3) is 0 Å². The van der Waals surface area contributed by atoms with Gasteiger partial charge in [0, 0.05) is 13.8 Å². The van der Waals surface area contributed by atoms with Gasteiger partial charge in [-0.05, 0) is 63.8 Å². The Labute approximate surface area is 154 Å². The summed E-state index contributed by atoms with van der Waals surface area (Å²) >= 11 is 0. The zero-order valence-corrected chi connectivity index (χ0v) is 18.6. The minimum Gasteiger partial charge on any atom is -0.458 e. The van der Waals surface area contributed by atoms with Crippen LogP contribution in [0.4, 0.5) is 0 Å². The van der Waals surface area contributed by atoms with Crippen LogP contribution in [0.2, 0.25) is 25.7 Å². The highest BCUT2D eigenvalue weighted by Gasteiger charge is 2.61. The number of hydrogen-bond acceptors (Lipinski definition) is 4. The van der Waals surface area contributed by atoms with Gasteiger partial charge in [-0.3, -0.25) is 4.99 Å². The first-order valence-electron chi connectivity index (χ1n) is 9.56. The van der Waals surface area contributed by atoms with Crippen LogP contribution in [0.25, 0.3) is 0 Å². The van der Waals surface area contributed by atoms with Gasteiger partial charge in [0.05, 0.1) is 0 Å². The molecule has 0 aromatic heterocycles. The molecule has 25 heavy (non-hydrogen) atoms. The Morgan fingerprint density at radius 2 is 1.88 bits per heavy atom. The fourth-order valence-corrected chi connectivity index (χ4v) is 5.88. The number of nitrogens with zero attached hydrogens (tertiary/aromatic N) is 1. The molecule has 0 saturated heterocycles. The van der Waals surface area contributed by atoms with Crippen LogP contribution in [0.5, 0.6) is 0 Å². The number of hydrogen-bond donors (Lipinski definition) is 1. The fourth-order valence-electron chi connectivity index (χ4n) is 4.46. The minimum atomic E-state index is -1.51. The molecule has 2 bridgehead atoms. The van der Waals surface area contributed by atoms with Crippen LogP contribution >= 0.6 is 0 Å². The molecular formula is C20H37NO3Si. The molecule has 3 rings (SSSR count). The van der Waals surface area contributed by atoms with E-state index in [1.807, 2.05) is 27.7 Å². The lowest BCUT2D eigenvalue weighted by Crippen LogP contribution is -2.65. The summed E-state index contributed by atoms with van der Waals surface area (Å²) in [6, 6.07) is 0.258. The normalized spacial score (nSPS) is 34.4. The Kier molecular flexibility index (Phi) is 5.11. The topological polar surface area (TPSA) is 58.9 Å². The van der Waals surface area contributed by atoms with Gasteiger partial charge in [0.2, 0.25) is 0 Å². The first-order chi connectivity index (χ1) is 11.0. The summed E-state index contributed by atoms with van der Waals surface area (Å²) in [5.74, 6) is 0.531. The van der Waals surface area contributed by atoms with Gasteiger partial charge in [-0.25, -0.2) is 4.79 Å². The van der Waals surface area contributed by atoms with Gasteiger partial charge in [0.1, 0.15) is 17.2 Å². The summed E-state index contributed by atoms with van der Waals surface area (Å²) in [5, 5.41) is 11.2. The lowest BCUT2D eigenvalue weighted by molar-refractivity contribution is -0.156. The van der Waals surface area contributed by atoms with Crippen molar-refractivity contribution in [2.45, 2.75) is 97.3 Å². The zero-order chi connectivity index (χ0) is 19.4. The third-order valence-electron chi connectivity index (χ3n) is 5.97. The Bertz CT molecular complexity index is 566. The highest BCUT2D eigenvalue weighted by Crippen LogP contribution is 2.61. The van der Waals surface area contributed by atoms with Crippen LogP contribution in [-0.4, -0.2) is 42.1 Å². The molecule has 3 aliphatic rings. The number of ether oxygens (including phenoxy) is 1. The molecule has 1 N–H and O–H groups in total. The molecule has 3 saturated carbocycles. The summed E-state index contributed by atoms with van der Waals surface area (Å²) < 4.78 is 5.63. The number of fused-ring (bicyclic) bond motifs is 2. The maximum absolute atomic E-state index is 12.8. The van der Waals surface area contributed by atoms with Gasteiger partial charge >= 0.3 is 5.97 Å². The molecule has 0 heterocycles. The lowest BCUT2D eigenvalue weighted by Gasteiger charge is -2.62. The summed E-state index contributed by atoms with van der Waals surface area (Å²) in [5.41, 5.74) is -0.475. The van der Waals surface area contributed by atoms with E-state index in [9.17, 15) is 9.90 Å². The molecule has 0 aliphatic heterocycles. The molecule has 3 aliphatic carbocycles. The van der Waals surface area contributed by atoms with Gasteiger partial charge in [0.15, 0.2) is 0 Å². The fraction of sp³-hybridized carbons (Fsp3) is 0.900. The van der Waals surface area contributed by atoms with Crippen molar-refractivity contribution in [3.63, 3.8) is 0 Å². The Hall–Kier alpha value is -0.683. The molecule has 3 fully saturated rings. The van der Waals surface area contributed by atoms with Crippen molar-refractivity contribution in [1.29, 1.82) is 0 Å². The van der Waals surface area contributed by atoms with Crippen molar-refractivity contribution < 1.29 is 14.6 Å². The van der Waals surface area contributed by atoms with Crippen LogP contribution < -0.4 is 0 Å². The van der Waals surface area contributed by atoms with E-state index in [0.717, 1.165) is 24.6 Å². The van der Waals surface area contributed by atoms with Crippen molar-refractivity contribution in [1.82, 2.24) is 0 Å². The van der Waals surface area contributed by atoms with Crippen LogP contribution in [0.3, 0.4) is 0 Å². The molecule has 0 aromatic carbocycles. The highest BCUT2D eigenvalue weighted by molar-refractivity contribution is 6.76. The summed E-state index contributed by atoms with van der Waals surface area (Å²) in [4.78, 5) is 17.6. The summed E-state index contributed by atoms with van der Waals surface area (Å²) in [6.45, 7) is 18.7. The van der Waals surface area contributed by atoms with Gasteiger partial charge in [-0.1, -0.05) is 33.5 Å². The maximum Gasteiger partial charge on any atom is 0.331 e. The number of aliphatic imine (C=N–C) groups is 1. The van der Waals surface area contributed by atoms with E-state index in [-0.39, 0.29) is 17.3 Å². The Morgan fingerprint density at radius 3 is 2.28 bits per heavy atom. The van der Waals surface area contributed by atoms with E-state index in [1.165, 1.54) is 0 Å². The van der Waals surface area contributed by atoms with E-state index in [2.05, 4.69) is 33.5 Å². The molecule has 2 unspecified atom stereocenters. The van der Waals surface area contributed by atoms with Crippen LogP contribution in [0.1, 0.15) is 54.4 Å². The molecule has 4 nitrogen and oxygen atoms in total. The van der Waals surface area contributed by atoms with Crippen molar-refractivity contribution in [2.24, 2.45) is 22.2 Å². The lowest BCUT2D eigenvalue weighted by atomic mass is 9.44. The number of aliphatic hydroxyl groups is 1. The van der Waals surface area contributed by atoms with Gasteiger partial charge in [-0.15, -0.1) is 0 Å². The van der Waals surface area contributed by atoms with E-state index >= 15 is 0 Å². The maximum atomic E-state index is 12.8. The standard InChI is InChI=1S/C20H37NO3Si/c1-18(2,3)24-17(22)14(12-25(7,8)9)21-16-11-13-10-15(19(13,4)5)20(16,6)23/h13-15,23H,10-12H2,1-9H3/b21-16-/t13?,14-,15?,20+/m0/s1. The number of carbonyl (C=O) groups excluding carboxylic acids is 1. The SMILES string of the molecule is CC(C)(C)OC(=O)[C@H](C[Si](C)(C)C)/N=C1/CC2CC(C2(C)C)[C@@]1(C)O. The molecule has 144 valence electrons. The summed E-state index contributed by atoms with van der Waals surface area (Å²) in [7, 11) is -1.51. The molecule has 4 atom stereocenters. The van der Waals surface area contributed by atoms with Crippen LogP contribution in [-0.2, 0) is 9.53 Å². The molecule has 0 aromatic rings. The predicted octanol–water partition coefficient (Wildman–Crippen LogP) is 4.29. The average Bonchev–Trinajstić information content (AvgIpc) is 2.35. The second-order valence-electron chi connectivity index (χ2n) is 11.0. The molecule has 0 spiro atoms. The van der Waals surface area contributed by atoms with E-state index in [4.69, 9.17) is 9.73 Å². The van der Waals surface area contributed by atoms with Crippen molar-refractivity contribution in [2.75, 3.05) is 0 Å². The zero-order valence-electron chi connectivity index (χ0n) is 17.6. The predicted molar refractivity (Wildman–Crippen MR) is 106 cm³/mol. The Balaban J connectivity index is 2.29. The third-order valence-corrected chi connectivity index (χ3v) is 7.58. The second-order valence-corrected chi connectivity index (χ2v) is 16.6. The largest absolute Gasteiger partial charge is 0.458 e. The quantitative estimate of drug-likeness (QED) is 0.595. The minimum absolute atomic E-state index is 0.155. The number of carbonyl (C=O) groups is 1. The van der Waals surface area contributed by atoms with Gasteiger partial charge in [-0.2, -0.15) is 0 Å². The smallest absolute Gasteiger partial charge is 0.331 e. The van der Waals surface area contributed by atoms with Crippen LogP contribution in [0.15, 0.2) is 4.99 Å². The van der Waals surface area contributed by atoms with Crippen molar-refractivity contribution in [3.8, 4) is 0 Å². The number of esters is 1. The Morgan fingerprint density at radius 1 is 1.32 bits per heavy atom. The number of rotatable bonds is 4. The van der Waals surface area contributed by atoms with E-state index < -0.39 is 25.3 Å². The summed E-state index contributed by atoms with van der Waals surface area (Å²) in [6.07, 6.45) is 1.85. The molecule has 0 amide bonds. The van der Waals surface area contributed by atoms with Crippen LogP contribution in [0, 0.1) is 17.3 Å².